The van der Waals surface area contributed by atoms with Crippen molar-refractivity contribution in [2.45, 2.75) is 52.9 Å². The minimum absolute atomic E-state index is 0.460. The summed E-state index contributed by atoms with van der Waals surface area (Å²) in [5.74, 6) is 0.0163. The molecule has 0 aromatic heterocycles. The molecule has 0 saturated heterocycles. The maximum Gasteiger partial charge on any atom is 0.309 e. The maximum absolute atomic E-state index is 11.4. The lowest BCUT2D eigenvalue weighted by atomic mass is 9.81. The molecule has 15 heavy (non-hydrogen) atoms. The molecule has 1 saturated carbocycles. The first-order valence-corrected chi connectivity index (χ1v) is 5.87. The van der Waals surface area contributed by atoms with Gasteiger partial charge in [-0.15, -0.1) is 0 Å². The van der Waals surface area contributed by atoms with Gasteiger partial charge in [-0.3, -0.25) is 4.79 Å². The molecular weight excluding hydrogens is 188 g/mol. The summed E-state index contributed by atoms with van der Waals surface area (Å²) < 4.78 is 0. The normalized spacial score (nSPS) is 30.2. The Morgan fingerprint density at radius 1 is 1.53 bits per heavy atom. The van der Waals surface area contributed by atoms with Crippen LogP contribution in [0, 0.1) is 11.3 Å². The molecule has 2 heteroatoms. The fourth-order valence-corrected chi connectivity index (χ4v) is 2.45. The van der Waals surface area contributed by atoms with E-state index in [9.17, 15) is 9.90 Å². The molecule has 0 aromatic carbocycles. The Labute approximate surface area is 92.4 Å². The first-order valence-electron chi connectivity index (χ1n) is 5.87. The summed E-state index contributed by atoms with van der Waals surface area (Å²) in [7, 11) is 0. The molecule has 1 N–H and O–H groups in total. The third-order valence-corrected chi connectivity index (χ3v) is 3.64. The Morgan fingerprint density at radius 3 is 2.60 bits per heavy atom. The Morgan fingerprint density at radius 2 is 2.20 bits per heavy atom. The molecule has 0 bridgehead atoms. The highest BCUT2D eigenvalue weighted by Gasteiger charge is 2.43. The number of hydrogen-bond acceptors (Lipinski definition) is 1. The van der Waals surface area contributed by atoms with Crippen molar-refractivity contribution in [3.05, 3.63) is 11.6 Å². The van der Waals surface area contributed by atoms with Crippen LogP contribution in [0.3, 0.4) is 0 Å². The van der Waals surface area contributed by atoms with E-state index in [2.05, 4.69) is 13.0 Å². The largest absolute Gasteiger partial charge is 0.481 e. The van der Waals surface area contributed by atoms with E-state index in [1.165, 1.54) is 5.57 Å². The van der Waals surface area contributed by atoms with Crippen molar-refractivity contribution >= 4 is 5.97 Å². The predicted octanol–water partition coefficient (Wildman–Crippen LogP) is 3.62. The third kappa shape index (κ3) is 2.83. The van der Waals surface area contributed by atoms with Gasteiger partial charge in [-0.1, -0.05) is 25.0 Å². The number of carboxylic acid groups (broad SMARTS) is 1. The predicted molar refractivity (Wildman–Crippen MR) is 61.7 cm³/mol. The monoisotopic (exact) mass is 210 g/mol. The lowest BCUT2D eigenvalue weighted by Crippen LogP contribution is -2.27. The van der Waals surface area contributed by atoms with E-state index in [1.54, 1.807) is 0 Å². The van der Waals surface area contributed by atoms with E-state index in [0.29, 0.717) is 12.3 Å². The number of allylic oxidation sites excluding steroid dienone is 2. The second kappa shape index (κ2) is 4.82. The second-order valence-electron chi connectivity index (χ2n) is 5.09. The Balaban J connectivity index is 2.73. The van der Waals surface area contributed by atoms with Gasteiger partial charge >= 0.3 is 5.97 Å². The van der Waals surface area contributed by atoms with E-state index in [4.69, 9.17) is 0 Å². The average molecular weight is 210 g/mol. The van der Waals surface area contributed by atoms with Crippen LogP contribution in [-0.2, 0) is 4.79 Å². The van der Waals surface area contributed by atoms with Crippen LogP contribution in [0.15, 0.2) is 11.6 Å². The molecule has 2 unspecified atom stereocenters. The Bertz CT molecular complexity index is 264. The van der Waals surface area contributed by atoms with Gasteiger partial charge in [0.25, 0.3) is 0 Å². The van der Waals surface area contributed by atoms with E-state index in [0.717, 1.165) is 25.7 Å². The van der Waals surface area contributed by atoms with Gasteiger partial charge in [0.2, 0.25) is 0 Å². The van der Waals surface area contributed by atoms with Crippen molar-refractivity contribution < 1.29 is 9.90 Å². The number of aliphatic carboxylic acids is 1. The number of carboxylic acids is 1. The van der Waals surface area contributed by atoms with Crippen LogP contribution < -0.4 is 0 Å². The zero-order chi connectivity index (χ0) is 11.5. The van der Waals surface area contributed by atoms with Crippen molar-refractivity contribution in [3.8, 4) is 0 Å². The molecule has 0 amide bonds. The molecule has 2 atom stereocenters. The van der Waals surface area contributed by atoms with Gasteiger partial charge in [0.15, 0.2) is 0 Å². The zero-order valence-corrected chi connectivity index (χ0v) is 10.0. The maximum atomic E-state index is 11.4. The standard InChI is InChI=1S/C13H22O2/c1-4-11-6-8-13(9-11,12(14)15)7-5-10(2)3/h5,11H,4,6-9H2,1-3H3,(H,14,15). The first-order chi connectivity index (χ1) is 7.00. The van der Waals surface area contributed by atoms with Gasteiger partial charge in [0, 0.05) is 0 Å². The molecule has 0 radical (unpaired) electrons. The van der Waals surface area contributed by atoms with Crippen molar-refractivity contribution in [3.63, 3.8) is 0 Å². The molecule has 0 heterocycles. The number of rotatable bonds is 4. The molecule has 2 nitrogen and oxygen atoms in total. The highest BCUT2D eigenvalue weighted by atomic mass is 16.4. The first kappa shape index (κ1) is 12.3. The van der Waals surface area contributed by atoms with Crippen LogP contribution in [-0.4, -0.2) is 11.1 Å². The molecule has 0 aromatic rings. The molecule has 1 aliphatic carbocycles. The van der Waals surface area contributed by atoms with E-state index < -0.39 is 11.4 Å². The van der Waals surface area contributed by atoms with Crippen LogP contribution in [0.4, 0.5) is 0 Å². The highest BCUT2D eigenvalue weighted by molar-refractivity contribution is 5.75. The van der Waals surface area contributed by atoms with Gasteiger partial charge in [-0.2, -0.15) is 0 Å². The Kier molecular flexibility index (Phi) is 3.95. The van der Waals surface area contributed by atoms with Gasteiger partial charge in [0.1, 0.15) is 0 Å². The van der Waals surface area contributed by atoms with E-state index in [1.807, 2.05) is 13.8 Å². The fourth-order valence-electron chi connectivity index (χ4n) is 2.45. The molecule has 1 rings (SSSR count). The van der Waals surface area contributed by atoms with Gasteiger partial charge in [0.05, 0.1) is 5.41 Å². The molecule has 1 fully saturated rings. The van der Waals surface area contributed by atoms with Crippen LogP contribution >= 0.6 is 0 Å². The molecule has 0 aliphatic heterocycles. The fraction of sp³-hybridized carbons (Fsp3) is 0.769. The summed E-state index contributed by atoms with van der Waals surface area (Å²) in [5, 5.41) is 9.36. The SMILES string of the molecule is CCC1CCC(CC=C(C)C)(C(=O)O)C1. The molecule has 0 spiro atoms. The zero-order valence-electron chi connectivity index (χ0n) is 10.0. The number of hydrogen-bond donors (Lipinski definition) is 1. The average Bonchev–Trinajstić information content (AvgIpc) is 2.59. The second-order valence-corrected chi connectivity index (χ2v) is 5.09. The minimum atomic E-state index is -0.601. The van der Waals surface area contributed by atoms with Crippen molar-refractivity contribution in [2.24, 2.45) is 11.3 Å². The van der Waals surface area contributed by atoms with Crippen molar-refractivity contribution in [1.29, 1.82) is 0 Å². The summed E-state index contributed by atoms with van der Waals surface area (Å²) in [6.07, 6.45) is 6.70. The molecule has 1 aliphatic rings. The molecular formula is C13H22O2. The van der Waals surface area contributed by atoms with Gasteiger partial charge < -0.3 is 5.11 Å². The summed E-state index contributed by atoms with van der Waals surface area (Å²) in [4.78, 5) is 11.4. The molecule has 86 valence electrons. The van der Waals surface area contributed by atoms with Gasteiger partial charge in [-0.25, -0.2) is 0 Å². The lowest BCUT2D eigenvalue weighted by molar-refractivity contribution is -0.148. The minimum Gasteiger partial charge on any atom is -0.481 e. The lowest BCUT2D eigenvalue weighted by Gasteiger charge is -2.22. The Hall–Kier alpha value is -0.790. The van der Waals surface area contributed by atoms with E-state index >= 15 is 0 Å². The quantitative estimate of drug-likeness (QED) is 0.719. The third-order valence-electron chi connectivity index (χ3n) is 3.64. The van der Waals surface area contributed by atoms with Crippen molar-refractivity contribution in [2.75, 3.05) is 0 Å². The van der Waals surface area contributed by atoms with Crippen molar-refractivity contribution in [1.82, 2.24) is 0 Å². The van der Waals surface area contributed by atoms with Crippen LogP contribution in [0.2, 0.25) is 0 Å². The smallest absolute Gasteiger partial charge is 0.309 e. The summed E-state index contributed by atoms with van der Waals surface area (Å²) in [6, 6.07) is 0. The van der Waals surface area contributed by atoms with Crippen LogP contribution in [0.1, 0.15) is 52.9 Å². The highest BCUT2D eigenvalue weighted by Crippen LogP contribution is 2.46. The van der Waals surface area contributed by atoms with Crippen LogP contribution in [0.5, 0.6) is 0 Å². The number of carbonyl (C=O) groups is 1. The summed E-state index contributed by atoms with van der Waals surface area (Å²) >= 11 is 0. The summed E-state index contributed by atoms with van der Waals surface area (Å²) in [6.45, 7) is 6.22. The topological polar surface area (TPSA) is 37.3 Å². The van der Waals surface area contributed by atoms with E-state index in [-0.39, 0.29) is 0 Å². The summed E-state index contributed by atoms with van der Waals surface area (Å²) in [5.41, 5.74) is 0.758. The van der Waals surface area contributed by atoms with Gasteiger partial charge in [-0.05, 0) is 45.4 Å². The van der Waals surface area contributed by atoms with Crippen LogP contribution in [0.25, 0.3) is 0 Å².